The van der Waals surface area contributed by atoms with Crippen LogP contribution >= 0.6 is 0 Å². The number of hydrogen-bond acceptors (Lipinski definition) is 3. The van der Waals surface area contributed by atoms with E-state index in [0.29, 0.717) is 12.5 Å². The maximum atomic E-state index is 13.3. The maximum absolute atomic E-state index is 13.3. The van der Waals surface area contributed by atoms with Crippen molar-refractivity contribution < 1.29 is 22.0 Å². The third-order valence-electron chi connectivity index (χ3n) is 2.75. The Morgan fingerprint density at radius 1 is 1.33 bits per heavy atom. The molecule has 0 aromatic heterocycles. The zero-order chi connectivity index (χ0) is 13.3. The van der Waals surface area contributed by atoms with Crippen LogP contribution in [-0.4, -0.2) is 37.3 Å². The Kier molecular flexibility index (Phi) is 3.45. The van der Waals surface area contributed by atoms with E-state index in [2.05, 4.69) is 0 Å². The first-order chi connectivity index (χ1) is 8.40. The molecule has 0 bridgehead atoms. The van der Waals surface area contributed by atoms with Gasteiger partial charge >= 0.3 is 0 Å². The Balaban J connectivity index is 2.18. The fourth-order valence-corrected chi connectivity index (χ4v) is 3.30. The Bertz CT molecular complexity index is 586. The smallest absolute Gasteiger partial charge is 0.214 e. The number of benzene rings is 1. The lowest BCUT2D eigenvalue weighted by Gasteiger charge is -2.13. The van der Waals surface area contributed by atoms with E-state index in [4.69, 9.17) is 0 Å². The maximum Gasteiger partial charge on any atom is 0.214 e. The van der Waals surface area contributed by atoms with E-state index in [1.807, 2.05) is 0 Å². The first kappa shape index (κ1) is 13.1. The molecular formula is C11H11F2NO3S. The number of carbonyl (C=O) groups is 1. The topological polar surface area (TPSA) is 54.5 Å². The van der Waals surface area contributed by atoms with Crippen molar-refractivity contribution in [3.05, 3.63) is 35.4 Å². The lowest BCUT2D eigenvalue weighted by atomic mass is 10.1. The van der Waals surface area contributed by atoms with Gasteiger partial charge in [0.15, 0.2) is 5.78 Å². The van der Waals surface area contributed by atoms with Gasteiger partial charge in [0.2, 0.25) is 10.0 Å². The minimum Gasteiger partial charge on any atom is -0.293 e. The minimum absolute atomic E-state index is 0.00613. The first-order valence-corrected chi connectivity index (χ1v) is 6.97. The van der Waals surface area contributed by atoms with Crippen molar-refractivity contribution in [3.63, 3.8) is 0 Å². The fourth-order valence-electron chi connectivity index (χ4n) is 1.83. The van der Waals surface area contributed by atoms with Crippen LogP contribution < -0.4 is 0 Å². The summed E-state index contributed by atoms with van der Waals surface area (Å²) in [4.78, 5) is 11.8. The van der Waals surface area contributed by atoms with Crippen LogP contribution in [0.4, 0.5) is 8.78 Å². The molecular weight excluding hydrogens is 264 g/mol. The van der Waals surface area contributed by atoms with Gasteiger partial charge in [0.1, 0.15) is 11.6 Å². The standard InChI is InChI=1S/C11H11F2NO3S/c12-8-2-3-9(10(13)6-8)11(15)7-14-4-1-5-18(14,16)17/h2-3,6H,1,4-5,7H2. The zero-order valence-electron chi connectivity index (χ0n) is 9.40. The molecule has 0 radical (unpaired) electrons. The van der Waals surface area contributed by atoms with Gasteiger partial charge in [-0.1, -0.05) is 0 Å². The highest BCUT2D eigenvalue weighted by Crippen LogP contribution is 2.16. The van der Waals surface area contributed by atoms with E-state index >= 15 is 0 Å². The Morgan fingerprint density at radius 3 is 2.61 bits per heavy atom. The van der Waals surface area contributed by atoms with Gasteiger partial charge < -0.3 is 0 Å². The molecule has 0 unspecified atom stereocenters. The highest BCUT2D eigenvalue weighted by Gasteiger charge is 2.30. The highest BCUT2D eigenvalue weighted by molar-refractivity contribution is 7.89. The molecule has 1 aliphatic heterocycles. The number of nitrogens with zero attached hydrogens (tertiary/aromatic N) is 1. The van der Waals surface area contributed by atoms with Crippen LogP contribution in [0.1, 0.15) is 16.8 Å². The molecule has 1 aromatic carbocycles. The number of carbonyl (C=O) groups excluding carboxylic acids is 1. The average molecular weight is 275 g/mol. The Morgan fingerprint density at radius 2 is 2.06 bits per heavy atom. The molecule has 1 saturated heterocycles. The van der Waals surface area contributed by atoms with Gasteiger partial charge in [-0.25, -0.2) is 17.2 Å². The normalized spacial score (nSPS) is 19.0. The Labute approximate surface area is 103 Å². The summed E-state index contributed by atoms with van der Waals surface area (Å²) in [6.07, 6.45) is 0.460. The number of sulfonamides is 1. The predicted molar refractivity (Wildman–Crippen MR) is 60.7 cm³/mol. The van der Waals surface area contributed by atoms with Crippen molar-refractivity contribution in [2.75, 3.05) is 18.8 Å². The average Bonchev–Trinajstić information content (AvgIpc) is 2.58. The van der Waals surface area contributed by atoms with Gasteiger partial charge in [-0.3, -0.25) is 4.79 Å². The summed E-state index contributed by atoms with van der Waals surface area (Å²) in [5.41, 5.74) is -0.293. The van der Waals surface area contributed by atoms with Crippen LogP contribution in [-0.2, 0) is 10.0 Å². The van der Waals surface area contributed by atoms with E-state index in [9.17, 15) is 22.0 Å². The lowest BCUT2D eigenvalue weighted by Crippen LogP contribution is -2.31. The molecule has 0 saturated carbocycles. The SMILES string of the molecule is O=C(CN1CCCS1(=O)=O)c1ccc(F)cc1F. The molecule has 1 fully saturated rings. The third-order valence-corrected chi connectivity index (χ3v) is 4.66. The molecule has 1 heterocycles. The lowest BCUT2D eigenvalue weighted by molar-refractivity contribution is 0.0965. The fraction of sp³-hybridized carbons (Fsp3) is 0.364. The van der Waals surface area contributed by atoms with Gasteiger partial charge in [0.25, 0.3) is 0 Å². The molecule has 2 rings (SSSR count). The van der Waals surface area contributed by atoms with Crippen LogP contribution in [0.3, 0.4) is 0 Å². The number of rotatable bonds is 3. The molecule has 0 aliphatic carbocycles. The highest BCUT2D eigenvalue weighted by atomic mass is 32.2. The van der Waals surface area contributed by atoms with Crippen LogP contribution in [0.5, 0.6) is 0 Å². The van der Waals surface area contributed by atoms with Gasteiger partial charge in [0.05, 0.1) is 17.9 Å². The Hall–Kier alpha value is -1.34. The van der Waals surface area contributed by atoms with Crippen LogP contribution in [0, 0.1) is 11.6 Å². The second kappa shape index (κ2) is 4.74. The molecule has 0 spiro atoms. The largest absolute Gasteiger partial charge is 0.293 e. The number of halogens is 2. The van der Waals surface area contributed by atoms with Gasteiger partial charge in [-0.2, -0.15) is 4.31 Å². The molecule has 4 nitrogen and oxygen atoms in total. The molecule has 0 amide bonds. The van der Waals surface area contributed by atoms with Crippen molar-refractivity contribution in [2.24, 2.45) is 0 Å². The van der Waals surface area contributed by atoms with E-state index in [1.165, 1.54) is 0 Å². The molecule has 7 heteroatoms. The van der Waals surface area contributed by atoms with Crippen molar-refractivity contribution in [2.45, 2.75) is 6.42 Å². The summed E-state index contributed by atoms with van der Waals surface area (Å²) in [5, 5.41) is 0. The van der Waals surface area contributed by atoms with Crippen molar-refractivity contribution in [1.82, 2.24) is 4.31 Å². The monoisotopic (exact) mass is 275 g/mol. The van der Waals surface area contributed by atoms with E-state index in [0.717, 1.165) is 16.4 Å². The van der Waals surface area contributed by atoms with Crippen LogP contribution in [0.2, 0.25) is 0 Å². The summed E-state index contributed by atoms with van der Waals surface area (Å²) in [7, 11) is -3.40. The molecule has 1 aliphatic rings. The summed E-state index contributed by atoms with van der Waals surface area (Å²) in [6, 6.07) is 2.59. The summed E-state index contributed by atoms with van der Waals surface area (Å²) in [5.74, 6) is -2.42. The first-order valence-electron chi connectivity index (χ1n) is 5.36. The van der Waals surface area contributed by atoms with Gasteiger partial charge in [0, 0.05) is 12.6 Å². The number of Topliss-reactive ketones (excluding diaryl/α,β-unsaturated/α-hetero) is 1. The summed E-state index contributed by atoms with van der Waals surface area (Å²) < 4.78 is 50.0. The van der Waals surface area contributed by atoms with Crippen LogP contribution in [0.25, 0.3) is 0 Å². The minimum atomic E-state index is -3.40. The number of ketones is 1. The molecule has 0 atom stereocenters. The van der Waals surface area contributed by atoms with Crippen molar-refractivity contribution >= 4 is 15.8 Å². The quantitative estimate of drug-likeness (QED) is 0.778. The predicted octanol–water partition coefficient (Wildman–Crippen LogP) is 1.18. The molecule has 98 valence electrons. The summed E-state index contributed by atoms with van der Waals surface area (Å²) in [6.45, 7) is -0.137. The second-order valence-electron chi connectivity index (χ2n) is 4.05. The number of hydrogen-bond donors (Lipinski definition) is 0. The van der Waals surface area contributed by atoms with E-state index < -0.39 is 34.0 Å². The molecule has 1 aromatic rings. The van der Waals surface area contributed by atoms with E-state index in [-0.39, 0.29) is 17.9 Å². The van der Waals surface area contributed by atoms with Gasteiger partial charge in [-0.05, 0) is 18.6 Å². The van der Waals surface area contributed by atoms with E-state index in [1.54, 1.807) is 0 Å². The third kappa shape index (κ3) is 2.56. The van der Waals surface area contributed by atoms with Crippen molar-refractivity contribution in [3.8, 4) is 0 Å². The molecule has 0 N–H and O–H groups in total. The molecule has 18 heavy (non-hydrogen) atoms. The van der Waals surface area contributed by atoms with Crippen molar-refractivity contribution in [1.29, 1.82) is 0 Å². The van der Waals surface area contributed by atoms with Crippen LogP contribution in [0.15, 0.2) is 18.2 Å². The summed E-state index contributed by atoms with van der Waals surface area (Å²) >= 11 is 0. The zero-order valence-corrected chi connectivity index (χ0v) is 10.2. The van der Waals surface area contributed by atoms with Gasteiger partial charge in [-0.15, -0.1) is 0 Å². The second-order valence-corrected chi connectivity index (χ2v) is 6.14.